The fraction of sp³-hybridized carbons (Fsp3) is 0.278. The Hall–Kier alpha value is -2.22. The van der Waals surface area contributed by atoms with Crippen LogP contribution in [0.2, 0.25) is 0 Å². The second-order valence-corrected chi connectivity index (χ2v) is 5.67. The van der Waals surface area contributed by atoms with Crippen molar-refractivity contribution in [2.24, 2.45) is 0 Å². The number of hydrogen-bond donors (Lipinski definition) is 2. The first-order chi connectivity index (χ1) is 10.7. The Labute approximate surface area is 129 Å². The smallest absolute Gasteiger partial charge is 0.127 e. The molecule has 2 N–H and O–H groups in total. The molecule has 3 nitrogen and oxygen atoms in total. The molecule has 1 unspecified atom stereocenters. The van der Waals surface area contributed by atoms with Gasteiger partial charge in [-0.3, -0.25) is 0 Å². The monoisotopic (exact) mass is 296 g/mol. The molecule has 4 heteroatoms. The number of hydrogen-bond acceptors (Lipinski definition) is 3. The summed E-state index contributed by atoms with van der Waals surface area (Å²) < 4.78 is 13.9. The van der Waals surface area contributed by atoms with Gasteiger partial charge in [-0.25, -0.2) is 4.39 Å². The Bertz CT molecular complexity index is 738. The zero-order valence-electron chi connectivity index (χ0n) is 12.1. The maximum absolute atomic E-state index is 13.9. The summed E-state index contributed by atoms with van der Waals surface area (Å²) in [5.74, 6) is -0.342. The van der Waals surface area contributed by atoms with Crippen molar-refractivity contribution in [3.63, 3.8) is 0 Å². The van der Waals surface area contributed by atoms with E-state index in [0.717, 1.165) is 18.4 Å². The van der Waals surface area contributed by atoms with Gasteiger partial charge >= 0.3 is 0 Å². The van der Waals surface area contributed by atoms with Gasteiger partial charge in [-0.15, -0.1) is 0 Å². The largest absolute Gasteiger partial charge is 0.394 e. The van der Waals surface area contributed by atoms with Crippen LogP contribution < -0.4 is 5.32 Å². The SMILES string of the molecule is N#Cc1ccc(F)c(CNC2(CO)CCc3ccccc32)c1. The van der Waals surface area contributed by atoms with Crippen molar-refractivity contribution < 1.29 is 9.50 Å². The van der Waals surface area contributed by atoms with Crippen LogP contribution in [0, 0.1) is 17.1 Å². The molecule has 0 spiro atoms. The van der Waals surface area contributed by atoms with Crippen molar-refractivity contribution in [1.82, 2.24) is 5.32 Å². The van der Waals surface area contributed by atoms with Gasteiger partial charge < -0.3 is 10.4 Å². The van der Waals surface area contributed by atoms with Crippen molar-refractivity contribution >= 4 is 0 Å². The summed E-state index contributed by atoms with van der Waals surface area (Å²) >= 11 is 0. The summed E-state index contributed by atoms with van der Waals surface area (Å²) in [4.78, 5) is 0. The standard InChI is InChI=1S/C18H17FN2O/c19-17-6-5-13(10-20)9-15(17)11-21-18(12-22)8-7-14-3-1-2-4-16(14)18/h1-6,9,21-22H,7-8,11-12H2. The molecule has 1 aliphatic rings. The number of nitrogens with zero attached hydrogens (tertiary/aromatic N) is 1. The van der Waals surface area contributed by atoms with Crippen molar-refractivity contribution in [2.75, 3.05) is 6.61 Å². The van der Waals surface area contributed by atoms with E-state index in [-0.39, 0.29) is 19.0 Å². The van der Waals surface area contributed by atoms with Gasteiger partial charge in [0.05, 0.1) is 23.8 Å². The minimum Gasteiger partial charge on any atom is -0.394 e. The Kier molecular flexibility index (Phi) is 3.93. The van der Waals surface area contributed by atoms with E-state index in [9.17, 15) is 9.50 Å². The minimum atomic E-state index is -0.536. The molecular formula is C18H17FN2O. The average Bonchev–Trinajstić information content (AvgIpc) is 2.94. The van der Waals surface area contributed by atoms with Gasteiger partial charge in [-0.2, -0.15) is 5.26 Å². The molecule has 0 saturated carbocycles. The van der Waals surface area contributed by atoms with Crippen LogP contribution in [0.15, 0.2) is 42.5 Å². The zero-order valence-corrected chi connectivity index (χ0v) is 12.1. The summed E-state index contributed by atoms with van der Waals surface area (Å²) in [6, 6.07) is 14.3. The summed E-state index contributed by atoms with van der Waals surface area (Å²) in [5.41, 5.74) is 2.63. The molecular weight excluding hydrogens is 279 g/mol. The van der Waals surface area contributed by atoms with E-state index in [0.29, 0.717) is 11.1 Å². The summed E-state index contributed by atoms with van der Waals surface area (Å²) in [6.07, 6.45) is 1.67. The molecule has 2 aromatic rings. The lowest BCUT2D eigenvalue weighted by Gasteiger charge is -2.30. The molecule has 0 bridgehead atoms. The molecule has 0 heterocycles. The molecule has 2 aromatic carbocycles. The van der Waals surface area contributed by atoms with Gasteiger partial charge in [0.15, 0.2) is 0 Å². The third-order valence-corrected chi connectivity index (χ3v) is 4.42. The lowest BCUT2D eigenvalue weighted by molar-refractivity contribution is 0.158. The summed E-state index contributed by atoms with van der Waals surface area (Å²) in [7, 11) is 0. The molecule has 1 atom stereocenters. The Morgan fingerprint density at radius 3 is 2.86 bits per heavy atom. The van der Waals surface area contributed by atoms with Gasteiger partial charge in [-0.1, -0.05) is 24.3 Å². The first-order valence-corrected chi connectivity index (χ1v) is 7.31. The van der Waals surface area contributed by atoms with Crippen LogP contribution >= 0.6 is 0 Å². The number of halogens is 1. The first-order valence-electron chi connectivity index (χ1n) is 7.31. The van der Waals surface area contributed by atoms with Crippen LogP contribution in [0.1, 0.15) is 28.7 Å². The lowest BCUT2D eigenvalue weighted by atomic mass is 9.92. The molecule has 112 valence electrons. The van der Waals surface area contributed by atoms with Crippen molar-refractivity contribution in [1.29, 1.82) is 5.26 Å². The summed E-state index contributed by atoms with van der Waals surface area (Å²) in [5, 5.41) is 22.1. The van der Waals surface area contributed by atoms with E-state index < -0.39 is 5.54 Å². The number of aliphatic hydroxyl groups is 1. The fourth-order valence-corrected chi connectivity index (χ4v) is 3.14. The van der Waals surface area contributed by atoms with E-state index in [1.165, 1.54) is 17.7 Å². The maximum atomic E-state index is 13.9. The Morgan fingerprint density at radius 2 is 2.09 bits per heavy atom. The van der Waals surface area contributed by atoms with Crippen LogP contribution in [0.25, 0.3) is 0 Å². The molecule has 0 amide bonds. The highest BCUT2D eigenvalue weighted by atomic mass is 19.1. The number of nitriles is 1. The molecule has 0 aromatic heterocycles. The van der Waals surface area contributed by atoms with Crippen LogP contribution in [0.5, 0.6) is 0 Å². The molecule has 22 heavy (non-hydrogen) atoms. The van der Waals surface area contributed by atoms with Crippen LogP contribution in [-0.2, 0) is 18.5 Å². The van der Waals surface area contributed by atoms with E-state index in [4.69, 9.17) is 5.26 Å². The van der Waals surface area contributed by atoms with Crippen molar-refractivity contribution in [3.8, 4) is 6.07 Å². The number of aryl methyl sites for hydroxylation is 1. The molecule has 0 aliphatic heterocycles. The quantitative estimate of drug-likeness (QED) is 0.912. The van der Waals surface area contributed by atoms with Gasteiger partial charge in [0.1, 0.15) is 5.82 Å². The van der Waals surface area contributed by atoms with E-state index in [1.807, 2.05) is 24.3 Å². The summed E-state index contributed by atoms with van der Waals surface area (Å²) in [6.45, 7) is 0.236. The van der Waals surface area contributed by atoms with Crippen LogP contribution in [0.3, 0.4) is 0 Å². The molecule has 3 rings (SSSR count). The van der Waals surface area contributed by atoms with E-state index >= 15 is 0 Å². The molecule has 0 radical (unpaired) electrons. The van der Waals surface area contributed by atoms with Gasteiger partial charge in [0.2, 0.25) is 0 Å². The topological polar surface area (TPSA) is 56.0 Å². The molecule has 1 aliphatic carbocycles. The van der Waals surface area contributed by atoms with Gasteiger partial charge in [0, 0.05) is 12.1 Å². The van der Waals surface area contributed by atoms with E-state index in [2.05, 4.69) is 11.4 Å². The average molecular weight is 296 g/mol. The number of fused-ring (bicyclic) bond motifs is 1. The predicted molar refractivity (Wildman–Crippen MR) is 81.5 cm³/mol. The normalized spacial score (nSPS) is 19.7. The number of benzene rings is 2. The van der Waals surface area contributed by atoms with Crippen LogP contribution in [-0.4, -0.2) is 11.7 Å². The zero-order chi connectivity index (χ0) is 15.6. The first kappa shape index (κ1) is 14.7. The van der Waals surface area contributed by atoms with Crippen LogP contribution in [0.4, 0.5) is 4.39 Å². The number of aliphatic hydroxyl groups excluding tert-OH is 1. The Balaban J connectivity index is 1.85. The number of nitrogens with one attached hydrogen (secondary N) is 1. The number of rotatable bonds is 4. The lowest BCUT2D eigenvalue weighted by Crippen LogP contribution is -2.43. The highest BCUT2D eigenvalue weighted by Crippen LogP contribution is 2.36. The molecule has 0 saturated heterocycles. The van der Waals surface area contributed by atoms with Crippen molar-refractivity contribution in [3.05, 3.63) is 70.5 Å². The third-order valence-electron chi connectivity index (χ3n) is 4.42. The predicted octanol–water partition coefficient (Wildman–Crippen LogP) is 2.62. The minimum absolute atomic E-state index is 0.0381. The molecule has 0 fully saturated rings. The highest BCUT2D eigenvalue weighted by Gasteiger charge is 2.37. The van der Waals surface area contributed by atoms with Gasteiger partial charge in [-0.05, 0) is 42.2 Å². The maximum Gasteiger partial charge on any atom is 0.127 e. The fourth-order valence-electron chi connectivity index (χ4n) is 3.14. The van der Waals surface area contributed by atoms with Gasteiger partial charge in [0.25, 0.3) is 0 Å². The Morgan fingerprint density at radius 1 is 1.27 bits per heavy atom. The highest BCUT2D eigenvalue weighted by molar-refractivity contribution is 5.39. The van der Waals surface area contributed by atoms with E-state index in [1.54, 1.807) is 6.07 Å². The second-order valence-electron chi connectivity index (χ2n) is 5.67. The van der Waals surface area contributed by atoms with Crippen molar-refractivity contribution in [2.45, 2.75) is 24.9 Å². The second kappa shape index (κ2) is 5.88. The third kappa shape index (κ3) is 2.50.